The molecule has 1 aliphatic carbocycles. The van der Waals surface area contributed by atoms with E-state index in [1.165, 1.54) is 16.7 Å². The third kappa shape index (κ3) is 1.79. The summed E-state index contributed by atoms with van der Waals surface area (Å²) in [5.74, 6) is 0.315. The first-order valence-electron chi connectivity index (χ1n) is 5.96. The van der Waals surface area contributed by atoms with Crippen molar-refractivity contribution in [2.45, 2.75) is 31.6 Å². The highest BCUT2D eigenvalue weighted by Gasteiger charge is 2.34. The van der Waals surface area contributed by atoms with Gasteiger partial charge in [0.25, 0.3) is 0 Å². The molecule has 1 aliphatic heterocycles. The molecular formula is C13H12Br2O3. The molecule has 0 unspecified atom stereocenters. The van der Waals surface area contributed by atoms with Crippen LogP contribution in [0.3, 0.4) is 0 Å². The van der Waals surface area contributed by atoms with Crippen LogP contribution in [0.4, 0.5) is 0 Å². The number of ether oxygens (including phenoxy) is 1. The van der Waals surface area contributed by atoms with Crippen molar-refractivity contribution in [3.8, 4) is 5.75 Å². The highest BCUT2D eigenvalue weighted by atomic mass is 79.9. The van der Waals surface area contributed by atoms with E-state index >= 15 is 0 Å². The quantitative estimate of drug-likeness (QED) is 0.858. The predicted octanol–water partition coefficient (Wildman–Crippen LogP) is 3.65. The van der Waals surface area contributed by atoms with E-state index in [9.17, 15) is 4.79 Å². The average molecular weight is 376 g/mol. The molecular weight excluding hydrogens is 364 g/mol. The van der Waals surface area contributed by atoms with Crippen LogP contribution in [0.2, 0.25) is 0 Å². The van der Waals surface area contributed by atoms with E-state index in [0.29, 0.717) is 6.61 Å². The van der Waals surface area contributed by atoms with Crippen LogP contribution in [-0.4, -0.2) is 17.7 Å². The summed E-state index contributed by atoms with van der Waals surface area (Å²) < 4.78 is 7.67. The summed E-state index contributed by atoms with van der Waals surface area (Å²) in [4.78, 5) is 11.0. The summed E-state index contributed by atoms with van der Waals surface area (Å²) in [5.41, 5.74) is 3.70. The lowest BCUT2D eigenvalue weighted by molar-refractivity contribution is -0.137. The maximum absolute atomic E-state index is 11.0. The summed E-state index contributed by atoms with van der Waals surface area (Å²) in [5, 5.41) is 9.02. The molecule has 0 saturated heterocycles. The van der Waals surface area contributed by atoms with Gasteiger partial charge in [-0.1, -0.05) is 0 Å². The second-order valence-electron chi connectivity index (χ2n) is 4.76. The number of carbonyl (C=O) groups is 1. The highest BCUT2D eigenvalue weighted by Crippen LogP contribution is 2.50. The van der Waals surface area contributed by atoms with Crippen molar-refractivity contribution in [1.82, 2.24) is 0 Å². The number of carboxylic acid groups (broad SMARTS) is 1. The van der Waals surface area contributed by atoms with Gasteiger partial charge in [0.2, 0.25) is 0 Å². The standard InChI is InChI=1S/C13H12Br2O3/c14-11-7-2-1-6(5-9(16)17)10(7)8-3-4-18-13(8)12(11)15/h6H,1-5H2,(H,16,17)/t6-/m0/s1. The lowest BCUT2D eigenvalue weighted by atomic mass is 9.92. The van der Waals surface area contributed by atoms with Crippen LogP contribution in [0.5, 0.6) is 5.75 Å². The zero-order chi connectivity index (χ0) is 12.9. The molecule has 1 aromatic carbocycles. The number of halogens is 2. The molecule has 1 aromatic rings. The molecule has 1 heterocycles. The number of fused-ring (bicyclic) bond motifs is 3. The zero-order valence-corrected chi connectivity index (χ0v) is 12.8. The first-order chi connectivity index (χ1) is 8.59. The molecule has 0 radical (unpaired) electrons. The van der Waals surface area contributed by atoms with Gasteiger partial charge in [0.1, 0.15) is 5.75 Å². The van der Waals surface area contributed by atoms with Crippen LogP contribution < -0.4 is 4.74 Å². The van der Waals surface area contributed by atoms with Gasteiger partial charge in [0.05, 0.1) is 17.5 Å². The topological polar surface area (TPSA) is 46.5 Å². The van der Waals surface area contributed by atoms with Crippen LogP contribution in [-0.2, 0) is 17.6 Å². The molecule has 3 rings (SSSR count). The monoisotopic (exact) mass is 374 g/mol. The van der Waals surface area contributed by atoms with Gasteiger partial charge in [-0.3, -0.25) is 4.79 Å². The fourth-order valence-corrected chi connectivity index (χ4v) is 4.24. The van der Waals surface area contributed by atoms with E-state index in [-0.39, 0.29) is 12.3 Å². The lowest BCUT2D eigenvalue weighted by Gasteiger charge is -2.15. The van der Waals surface area contributed by atoms with Gasteiger partial charge < -0.3 is 9.84 Å². The molecule has 0 spiro atoms. The number of carboxylic acids is 1. The molecule has 0 fully saturated rings. The van der Waals surface area contributed by atoms with Crippen molar-refractivity contribution in [1.29, 1.82) is 0 Å². The van der Waals surface area contributed by atoms with Crippen LogP contribution >= 0.6 is 31.9 Å². The second kappa shape index (κ2) is 4.53. The molecule has 18 heavy (non-hydrogen) atoms. The Hall–Kier alpha value is -0.550. The van der Waals surface area contributed by atoms with Crippen LogP contribution in [0, 0.1) is 0 Å². The van der Waals surface area contributed by atoms with Crippen molar-refractivity contribution in [2.24, 2.45) is 0 Å². The largest absolute Gasteiger partial charge is 0.492 e. The maximum Gasteiger partial charge on any atom is 0.303 e. The van der Waals surface area contributed by atoms with Gasteiger partial charge in [-0.25, -0.2) is 0 Å². The minimum absolute atomic E-state index is 0.136. The lowest BCUT2D eigenvalue weighted by Crippen LogP contribution is -2.05. The molecule has 0 amide bonds. The first kappa shape index (κ1) is 12.5. The fourth-order valence-electron chi connectivity index (χ4n) is 3.06. The molecule has 0 saturated carbocycles. The molecule has 2 aliphatic rings. The Morgan fingerprint density at radius 3 is 2.78 bits per heavy atom. The van der Waals surface area contributed by atoms with Crippen molar-refractivity contribution >= 4 is 37.8 Å². The number of rotatable bonds is 2. The molecule has 1 N–H and O–H groups in total. The Labute approximate surface area is 122 Å². The first-order valence-corrected chi connectivity index (χ1v) is 7.55. The van der Waals surface area contributed by atoms with E-state index in [2.05, 4.69) is 31.9 Å². The van der Waals surface area contributed by atoms with Crippen molar-refractivity contribution in [2.75, 3.05) is 6.61 Å². The SMILES string of the molecule is O=C(O)C[C@@H]1CCc2c(Br)c(Br)c3c(c21)CCO3. The second-order valence-corrected chi connectivity index (χ2v) is 6.35. The maximum atomic E-state index is 11.0. The minimum atomic E-state index is -0.723. The zero-order valence-electron chi connectivity index (χ0n) is 9.63. The summed E-state index contributed by atoms with van der Waals surface area (Å²) in [6, 6.07) is 0. The molecule has 1 atom stereocenters. The van der Waals surface area contributed by atoms with Crippen LogP contribution in [0.1, 0.15) is 35.4 Å². The van der Waals surface area contributed by atoms with Gasteiger partial charge >= 0.3 is 5.97 Å². The molecule has 0 aromatic heterocycles. The summed E-state index contributed by atoms with van der Waals surface area (Å²) in [6.07, 6.45) is 2.97. The predicted molar refractivity (Wildman–Crippen MR) is 74.4 cm³/mol. The highest BCUT2D eigenvalue weighted by molar-refractivity contribution is 9.13. The number of aliphatic carboxylic acids is 1. The van der Waals surface area contributed by atoms with Gasteiger partial charge in [0, 0.05) is 16.5 Å². The molecule has 5 heteroatoms. The van der Waals surface area contributed by atoms with E-state index in [4.69, 9.17) is 9.84 Å². The van der Waals surface area contributed by atoms with Crippen molar-refractivity contribution in [3.05, 3.63) is 25.6 Å². The fraction of sp³-hybridized carbons (Fsp3) is 0.462. The van der Waals surface area contributed by atoms with Gasteiger partial charge in [0.15, 0.2) is 0 Å². The van der Waals surface area contributed by atoms with Crippen molar-refractivity contribution < 1.29 is 14.6 Å². The van der Waals surface area contributed by atoms with Gasteiger partial charge in [-0.15, -0.1) is 0 Å². The number of hydrogen-bond donors (Lipinski definition) is 1. The Bertz CT molecular complexity index is 540. The third-order valence-electron chi connectivity index (χ3n) is 3.75. The minimum Gasteiger partial charge on any atom is -0.492 e. The summed E-state index contributed by atoms with van der Waals surface area (Å²) in [7, 11) is 0. The summed E-state index contributed by atoms with van der Waals surface area (Å²) in [6.45, 7) is 0.691. The third-order valence-corrected chi connectivity index (χ3v) is 5.92. The Kier molecular flexibility index (Phi) is 3.14. The van der Waals surface area contributed by atoms with Crippen molar-refractivity contribution in [3.63, 3.8) is 0 Å². The molecule has 0 bridgehead atoms. The average Bonchev–Trinajstić information content (AvgIpc) is 2.91. The summed E-state index contributed by atoms with van der Waals surface area (Å²) >= 11 is 7.17. The van der Waals surface area contributed by atoms with Crippen LogP contribution in [0.15, 0.2) is 8.95 Å². The number of benzene rings is 1. The Morgan fingerprint density at radius 1 is 1.28 bits per heavy atom. The normalized spacial score (nSPS) is 20.4. The van der Waals surface area contributed by atoms with E-state index < -0.39 is 5.97 Å². The Balaban J connectivity index is 2.15. The van der Waals surface area contributed by atoms with E-state index in [1.54, 1.807) is 0 Å². The van der Waals surface area contributed by atoms with Gasteiger partial charge in [-0.2, -0.15) is 0 Å². The van der Waals surface area contributed by atoms with E-state index in [1.807, 2.05) is 0 Å². The Morgan fingerprint density at radius 2 is 2.06 bits per heavy atom. The smallest absolute Gasteiger partial charge is 0.303 e. The molecule has 3 nitrogen and oxygen atoms in total. The van der Waals surface area contributed by atoms with E-state index in [0.717, 1.165) is 34.0 Å². The van der Waals surface area contributed by atoms with Gasteiger partial charge in [-0.05, 0) is 61.7 Å². The van der Waals surface area contributed by atoms with Crippen LogP contribution in [0.25, 0.3) is 0 Å². The molecule has 96 valence electrons. The number of hydrogen-bond acceptors (Lipinski definition) is 2.